The van der Waals surface area contributed by atoms with Gasteiger partial charge in [-0.25, -0.2) is 9.97 Å². The first kappa shape index (κ1) is 11.4. The van der Waals surface area contributed by atoms with Crippen LogP contribution in [0.5, 0.6) is 0 Å². The van der Waals surface area contributed by atoms with Gasteiger partial charge in [-0.1, -0.05) is 0 Å². The predicted molar refractivity (Wildman–Crippen MR) is 68.2 cm³/mol. The van der Waals surface area contributed by atoms with Crippen LogP contribution in [0, 0.1) is 13.8 Å². The number of aromatic nitrogens is 2. The molecule has 0 bridgehead atoms. The summed E-state index contributed by atoms with van der Waals surface area (Å²) in [5, 5.41) is 3.48. The zero-order valence-electron chi connectivity index (χ0n) is 9.12. The van der Waals surface area contributed by atoms with E-state index in [0.29, 0.717) is 0 Å². The van der Waals surface area contributed by atoms with Crippen molar-refractivity contribution in [2.75, 3.05) is 5.32 Å². The molecule has 0 radical (unpaired) electrons. The van der Waals surface area contributed by atoms with Crippen LogP contribution in [-0.2, 0) is 6.54 Å². The van der Waals surface area contributed by atoms with Gasteiger partial charge >= 0.3 is 0 Å². The summed E-state index contributed by atoms with van der Waals surface area (Å²) in [5.74, 6) is 0.753. The lowest BCUT2D eigenvalue weighted by molar-refractivity contribution is 1.10. The largest absolute Gasteiger partial charge is 0.365 e. The second-order valence-electron chi connectivity index (χ2n) is 3.52. The fourth-order valence-electron chi connectivity index (χ4n) is 1.35. The first-order valence-electron chi connectivity index (χ1n) is 4.93. The molecule has 0 aromatic carbocycles. The number of nitrogens with zero attached hydrogens (tertiary/aromatic N) is 2. The average Bonchev–Trinajstić information content (AvgIpc) is 2.56. The number of halogens is 1. The fraction of sp³-hybridized carbons (Fsp3) is 0.273. The van der Waals surface area contributed by atoms with Crippen molar-refractivity contribution in [3.05, 3.63) is 38.9 Å². The van der Waals surface area contributed by atoms with Crippen molar-refractivity contribution in [1.82, 2.24) is 9.97 Å². The molecule has 5 heteroatoms. The molecule has 0 aliphatic heterocycles. The van der Waals surface area contributed by atoms with Gasteiger partial charge in [-0.15, -0.1) is 11.3 Å². The topological polar surface area (TPSA) is 37.8 Å². The molecule has 0 unspecified atom stereocenters. The molecule has 2 heterocycles. The summed E-state index contributed by atoms with van der Waals surface area (Å²) in [5.41, 5.74) is 1.34. The summed E-state index contributed by atoms with van der Waals surface area (Å²) in [7, 11) is 0. The average molecular weight is 254 g/mol. The van der Waals surface area contributed by atoms with Crippen molar-refractivity contribution in [2.45, 2.75) is 20.4 Å². The van der Waals surface area contributed by atoms with Crippen LogP contribution in [0.2, 0.25) is 5.28 Å². The molecule has 0 atom stereocenters. The van der Waals surface area contributed by atoms with E-state index in [-0.39, 0.29) is 5.28 Å². The minimum absolute atomic E-state index is 0.267. The van der Waals surface area contributed by atoms with Gasteiger partial charge in [0.1, 0.15) is 5.82 Å². The molecule has 2 rings (SSSR count). The van der Waals surface area contributed by atoms with Gasteiger partial charge in [0.2, 0.25) is 5.28 Å². The van der Waals surface area contributed by atoms with E-state index in [0.717, 1.165) is 12.4 Å². The standard InChI is InChI=1S/C11H12ClN3S/c1-7-5-9(16-8(7)2)6-14-10-3-4-13-11(12)15-10/h3-5H,6H2,1-2H3,(H,13,14,15). The third-order valence-electron chi connectivity index (χ3n) is 2.29. The van der Waals surface area contributed by atoms with Gasteiger partial charge in [0.15, 0.2) is 0 Å². The SMILES string of the molecule is Cc1cc(CNc2ccnc(Cl)n2)sc1C. The molecule has 0 spiro atoms. The number of aryl methyl sites for hydroxylation is 2. The monoisotopic (exact) mass is 253 g/mol. The molecule has 0 saturated carbocycles. The van der Waals surface area contributed by atoms with Gasteiger partial charge in [-0.05, 0) is 43.1 Å². The lowest BCUT2D eigenvalue weighted by Gasteiger charge is -2.02. The Kier molecular flexibility index (Phi) is 3.41. The minimum Gasteiger partial charge on any atom is -0.365 e. The summed E-state index contributed by atoms with van der Waals surface area (Å²) in [6, 6.07) is 4.00. The van der Waals surface area contributed by atoms with Gasteiger partial charge in [0.05, 0.1) is 6.54 Å². The summed E-state index contributed by atoms with van der Waals surface area (Å²) >= 11 is 7.50. The van der Waals surface area contributed by atoms with Crippen molar-refractivity contribution in [2.24, 2.45) is 0 Å². The van der Waals surface area contributed by atoms with Gasteiger partial charge in [-0.2, -0.15) is 0 Å². The third-order valence-corrected chi connectivity index (χ3v) is 3.62. The molecule has 2 aromatic rings. The van der Waals surface area contributed by atoms with Gasteiger partial charge in [-0.3, -0.25) is 0 Å². The first-order valence-corrected chi connectivity index (χ1v) is 6.13. The quantitative estimate of drug-likeness (QED) is 0.852. The Morgan fingerprint density at radius 2 is 2.25 bits per heavy atom. The highest BCUT2D eigenvalue weighted by atomic mass is 35.5. The summed E-state index contributed by atoms with van der Waals surface area (Å²) in [6.07, 6.45) is 1.64. The highest BCUT2D eigenvalue weighted by Gasteiger charge is 2.02. The van der Waals surface area contributed by atoms with E-state index in [9.17, 15) is 0 Å². The second kappa shape index (κ2) is 4.80. The number of hydrogen-bond acceptors (Lipinski definition) is 4. The van der Waals surface area contributed by atoms with Crippen LogP contribution in [-0.4, -0.2) is 9.97 Å². The van der Waals surface area contributed by atoms with Crippen molar-refractivity contribution < 1.29 is 0 Å². The summed E-state index contributed by atoms with van der Waals surface area (Å²) in [4.78, 5) is 10.6. The molecular weight excluding hydrogens is 242 g/mol. The highest BCUT2D eigenvalue weighted by Crippen LogP contribution is 2.21. The minimum atomic E-state index is 0.267. The summed E-state index contributed by atoms with van der Waals surface area (Å²) in [6.45, 7) is 5.02. The van der Waals surface area contributed by atoms with E-state index < -0.39 is 0 Å². The maximum atomic E-state index is 5.70. The van der Waals surface area contributed by atoms with E-state index >= 15 is 0 Å². The van der Waals surface area contributed by atoms with Crippen LogP contribution in [0.15, 0.2) is 18.3 Å². The molecule has 3 nitrogen and oxygen atoms in total. The van der Waals surface area contributed by atoms with Crippen molar-refractivity contribution in [3.63, 3.8) is 0 Å². The Hall–Kier alpha value is -1.13. The molecule has 0 aliphatic rings. The van der Waals surface area contributed by atoms with Gasteiger partial charge in [0, 0.05) is 16.0 Å². The maximum absolute atomic E-state index is 5.70. The van der Waals surface area contributed by atoms with Crippen LogP contribution in [0.4, 0.5) is 5.82 Å². The van der Waals surface area contributed by atoms with Crippen LogP contribution < -0.4 is 5.32 Å². The van der Waals surface area contributed by atoms with Crippen LogP contribution in [0.25, 0.3) is 0 Å². The van der Waals surface area contributed by atoms with E-state index in [1.165, 1.54) is 15.3 Å². The first-order chi connectivity index (χ1) is 7.65. The number of hydrogen-bond donors (Lipinski definition) is 1. The number of rotatable bonds is 3. The summed E-state index contributed by atoms with van der Waals surface area (Å²) < 4.78 is 0. The number of nitrogens with one attached hydrogen (secondary N) is 1. The molecule has 0 aliphatic carbocycles. The zero-order valence-corrected chi connectivity index (χ0v) is 10.7. The number of thiophene rings is 1. The normalized spacial score (nSPS) is 10.4. The molecule has 1 N–H and O–H groups in total. The molecule has 2 aromatic heterocycles. The Morgan fingerprint density at radius 1 is 1.44 bits per heavy atom. The third kappa shape index (κ3) is 2.71. The Labute approximate surface area is 104 Å². The molecule has 84 valence electrons. The molecule has 0 saturated heterocycles. The predicted octanol–water partition coefficient (Wildman–Crippen LogP) is 3.42. The maximum Gasteiger partial charge on any atom is 0.224 e. The van der Waals surface area contributed by atoms with Crippen molar-refractivity contribution >= 4 is 28.8 Å². The lowest BCUT2D eigenvalue weighted by Crippen LogP contribution is -2.00. The van der Waals surface area contributed by atoms with Crippen molar-refractivity contribution in [1.29, 1.82) is 0 Å². The van der Waals surface area contributed by atoms with E-state index in [2.05, 4.69) is 35.2 Å². The smallest absolute Gasteiger partial charge is 0.224 e. The lowest BCUT2D eigenvalue weighted by atomic mass is 10.3. The highest BCUT2D eigenvalue weighted by molar-refractivity contribution is 7.12. The van der Waals surface area contributed by atoms with E-state index in [4.69, 9.17) is 11.6 Å². The second-order valence-corrected chi connectivity index (χ2v) is 5.20. The van der Waals surface area contributed by atoms with Crippen LogP contribution in [0.3, 0.4) is 0 Å². The molecule has 0 fully saturated rings. The van der Waals surface area contributed by atoms with Gasteiger partial charge < -0.3 is 5.32 Å². The van der Waals surface area contributed by atoms with Crippen LogP contribution in [0.1, 0.15) is 15.3 Å². The van der Waals surface area contributed by atoms with Crippen molar-refractivity contribution in [3.8, 4) is 0 Å². The fourth-order valence-corrected chi connectivity index (χ4v) is 2.49. The molecular formula is C11H12ClN3S. The van der Waals surface area contributed by atoms with Crippen LogP contribution >= 0.6 is 22.9 Å². The molecule has 16 heavy (non-hydrogen) atoms. The van der Waals surface area contributed by atoms with E-state index in [1.54, 1.807) is 23.6 Å². The Balaban J connectivity index is 2.02. The van der Waals surface area contributed by atoms with E-state index in [1.807, 2.05) is 0 Å². The Bertz CT molecular complexity index is 476. The zero-order chi connectivity index (χ0) is 11.5. The van der Waals surface area contributed by atoms with Gasteiger partial charge in [0.25, 0.3) is 0 Å². The Morgan fingerprint density at radius 3 is 2.88 bits per heavy atom. The molecule has 0 amide bonds. The number of anilines is 1.